The topological polar surface area (TPSA) is 49.8 Å². The van der Waals surface area contributed by atoms with Crippen LogP contribution in [0.2, 0.25) is 0 Å². The first kappa shape index (κ1) is 12.7. The Morgan fingerprint density at radius 2 is 2.06 bits per heavy atom. The van der Waals surface area contributed by atoms with Gasteiger partial charge < -0.3 is 10.6 Å². The summed E-state index contributed by atoms with van der Waals surface area (Å²) in [6, 6.07) is 0. The summed E-state index contributed by atoms with van der Waals surface area (Å²) in [5.41, 5.74) is 0.225. The molecule has 0 saturated heterocycles. The van der Waals surface area contributed by atoms with Gasteiger partial charge >= 0.3 is 0 Å². The predicted molar refractivity (Wildman–Crippen MR) is 64.1 cm³/mol. The molecule has 1 rings (SSSR count). The van der Waals surface area contributed by atoms with E-state index in [2.05, 4.69) is 41.4 Å². The van der Waals surface area contributed by atoms with Gasteiger partial charge in [-0.2, -0.15) is 4.98 Å². The Morgan fingerprint density at radius 3 is 2.62 bits per heavy atom. The number of hydrogen-bond acceptors (Lipinski definition) is 4. The van der Waals surface area contributed by atoms with E-state index in [4.69, 9.17) is 0 Å². The fraction of sp³-hybridized carbons (Fsp3) is 0.636. The summed E-state index contributed by atoms with van der Waals surface area (Å²) >= 11 is 0. The van der Waals surface area contributed by atoms with Crippen LogP contribution in [0.5, 0.6) is 0 Å². The van der Waals surface area contributed by atoms with Gasteiger partial charge in [0, 0.05) is 13.6 Å². The highest BCUT2D eigenvalue weighted by molar-refractivity contribution is 5.40. The lowest BCUT2D eigenvalue weighted by Gasteiger charge is -2.18. The highest BCUT2D eigenvalue weighted by Gasteiger charge is 2.11. The molecule has 0 aliphatic rings. The molecule has 0 aliphatic heterocycles. The van der Waals surface area contributed by atoms with Crippen molar-refractivity contribution in [2.45, 2.75) is 27.2 Å². The van der Waals surface area contributed by atoms with E-state index < -0.39 is 5.82 Å². The fourth-order valence-electron chi connectivity index (χ4n) is 1.17. The van der Waals surface area contributed by atoms with Gasteiger partial charge in [-0.25, -0.2) is 9.37 Å². The van der Waals surface area contributed by atoms with Gasteiger partial charge in [-0.05, 0) is 11.8 Å². The average molecular weight is 226 g/mol. The van der Waals surface area contributed by atoms with Crippen molar-refractivity contribution in [2.24, 2.45) is 5.41 Å². The number of nitrogens with one attached hydrogen (secondary N) is 2. The molecule has 0 unspecified atom stereocenters. The quantitative estimate of drug-likeness (QED) is 0.828. The molecule has 0 spiro atoms. The molecule has 16 heavy (non-hydrogen) atoms. The second kappa shape index (κ2) is 5.09. The lowest BCUT2D eigenvalue weighted by molar-refractivity contribution is 0.389. The molecule has 0 aliphatic carbocycles. The second-order valence-electron chi connectivity index (χ2n) is 4.88. The number of nitrogens with zero attached hydrogens (tertiary/aromatic N) is 2. The molecule has 0 fully saturated rings. The third-order valence-corrected chi connectivity index (χ3v) is 2.14. The van der Waals surface area contributed by atoms with Gasteiger partial charge in [0.15, 0.2) is 11.6 Å². The van der Waals surface area contributed by atoms with E-state index in [1.165, 1.54) is 0 Å². The van der Waals surface area contributed by atoms with Crippen molar-refractivity contribution in [1.82, 2.24) is 9.97 Å². The van der Waals surface area contributed by atoms with Crippen molar-refractivity contribution in [1.29, 1.82) is 0 Å². The zero-order chi connectivity index (χ0) is 12.2. The lowest BCUT2D eigenvalue weighted by atomic mass is 9.92. The first-order chi connectivity index (χ1) is 7.42. The van der Waals surface area contributed by atoms with Gasteiger partial charge in [0.1, 0.15) is 0 Å². The Labute approximate surface area is 95.7 Å². The highest BCUT2D eigenvalue weighted by Crippen LogP contribution is 2.19. The molecule has 5 heteroatoms. The number of halogens is 1. The number of anilines is 2. The van der Waals surface area contributed by atoms with E-state index in [-0.39, 0.29) is 11.2 Å². The Bertz CT molecular complexity index is 346. The van der Waals surface area contributed by atoms with Crippen LogP contribution in [0.1, 0.15) is 27.2 Å². The van der Waals surface area contributed by atoms with Crippen LogP contribution in [0.4, 0.5) is 16.2 Å². The smallest absolute Gasteiger partial charge is 0.224 e. The highest BCUT2D eigenvalue weighted by atomic mass is 19.1. The number of hydrogen-bond donors (Lipinski definition) is 2. The maximum Gasteiger partial charge on any atom is 0.224 e. The van der Waals surface area contributed by atoms with Crippen molar-refractivity contribution in [3.05, 3.63) is 12.0 Å². The minimum absolute atomic E-state index is 0.225. The Hall–Kier alpha value is -1.39. The van der Waals surface area contributed by atoms with Crippen LogP contribution in [0.15, 0.2) is 6.20 Å². The number of aromatic nitrogens is 2. The van der Waals surface area contributed by atoms with Crippen LogP contribution in [0.25, 0.3) is 0 Å². The normalized spacial score (nSPS) is 11.3. The van der Waals surface area contributed by atoms with E-state index in [1.54, 1.807) is 7.05 Å². The van der Waals surface area contributed by atoms with Crippen LogP contribution < -0.4 is 10.6 Å². The Morgan fingerprint density at radius 1 is 1.38 bits per heavy atom. The first-order valence-corrected chi connectivity index (χ1v) is 5.36. The standard InChI is InChI=1S/C11H19FN4/c1-11(2,3)5-6-14-9-8(12)7-15-10(13-4)16-9/h7H,5-6H2,1-4H3,(H2,13,14,15,16). The van der Waals surface area contributed by atoms with Crippen molar-refractivity contribution < 1.29 is 4.39 Å². The summed E-state index contributed by atoms with van der Waals surface area (Å²) in [6.07, 6.45) is 2.11. The van der Waals surface area contributed by atoms with E-state index in [1.807, 2.05) is 0 Å². The van der Waals surface area contributed by atoms with Gasteiger partial charge in [0.2, 0.25) is 5.95 Å². The summed E-state index contributed by atoms with van der Waals surface area (Å²) in [5.74, 6) is 0.246. The zero-order valence-electron chi connectivity index (χ0n) is 10.3. The predicted octanol–water partition coefficient (Wildman–Crippen LogP) is 2.51. The molecule has 0 aromatic carbocycles. The van der Waals surface area contributed by atoms with Gasteiger partial charge in [0.05, 0.1) is 6.20 Å². The van der Waals surface area contributed by atoms with Crippen molar-refractivity contribution in [3.63, 3.8) is 0 Å². The molecular weight excluding hydrogens is 207 g/mol. The van der Waals surface area contributed by atoms with Crippen LogP contribution in [0.3, 0.4) is 0 Å². The van der Waals surface area contributed by atoms with Crippen molar-refractivity contribution in [2.75, 3.05) is 24.2 Å². The maximum atomic E-state index is 13.3. The minimum atomic E-state index is -0.423. The van der Waals surface area contributed by atoms with E-state index >= 15 is 0 Å². The largest absolute Gasteiger partial charge is 0.367 e. The molecule has 0 atom stereocenters. The van der Waals surface area contributed by atoms with Crippen molar-refractivity contribution in [3.8, 4) is 0 Å². The van der Waals surface area contributed by atoms with Crippen molar-refractivity contribution >= 4 is 11.8 Å². The SMILES string of the molecule is CNc1ncc(F)c(NCCC(C)(C)C)n1. The van der Waals surface area contributed by atoms with Gasteiger partial charge in [0.25, 0.3) is 0 Å². The van der Waals surface area contributed by atoms with E-state index in [9.17, 15) is 4.39 Å². The molecule has 0 amide bonds. The molecule has 0 radical (unpaired) electrons. The van der Waals surface area contributed by atoms with Gasteiger partial charge in [-0.15, -0.1) is 0 Å². The summed E-state index contributed by atoms with van der Waals surface area (Å²) in [5, 5.41) is 5.75. The van der Waals surface area contributed by atoms with Gasteiger partial charge in [-0.3, -0.25) is 0 Å². The third-order valence-electron chi connectivity index (χ3n) is 2.14. The van der Waals surface area contributed by atoms with Crippen LogP contribution >= 0.6 is 0 Å². The molecule has 4 nitrogen and oxygen atoms in total. The monoisotopic (exact) mass is 226 g/mol. The van der Waals surface area contributed by atoms with Crippen LogP contribution in [-0.4, -0.2) is 23.6 Å². The Balaban J connectivity index is 2.59. The minimum Gasteiger partial charge on any atom is -0.367 e. The maximum absolute atomic E-state index is 13.3. The zero-order valence-corrected chi connectivity index (χ0v) is 10.3. The van der Waals surface area contributed by atoms with E-state index in [0.29, 0.717) is 12.5 Å². The summed E-state index contributed by atoms with van der Waals surface area (Å²) in [7, 11) is 1.70. The molecule has 0 bridgehead atoms. The Kier molecular flexibility index (Phi) is 4.04. The number of rotatable bonds is 4. The van der Waals surface area contributed by atoms with E-state index in [0.717, 1.165) is 12.6 Å². The van der Waals surface area contributed by atoms with Crippen LogP contribution in [-0.2, 0) is 0 Å². The molecule has 2 N–H and O–H groups in total. The first-order valence-electron chi connectivity index (χ1n) is 5.36. The van der Waals surface area contributed by atoms with Crippen LogP contribution in [0, 0.1) is 11.2 Å². The lowest BCUT2D eigenvalue weighted by Crippen LogP contribution is -2.14. The molecule has 1 aromatic rings. The van der Waals surface area contributed by atoms with Gasteiger partial charge in [-0.1, -0.05) is 20.8 Å². The molecule has 1 aromatic heterocycles. The summed E-state index contributed by atoms with van der Waals surface area (Å²) in [4.78, 5) is 7.78. The molecule has 1 heterocycles. The average Bonchev–Trinajstić information content (AvgIpc) is 2.19. The molecule has 0 saturated carbocycles. The third kappa shape index (κ3) is 4.00. The summed E-state index contributed by atoms with van der Waals surface area (Å²) < 4.78 is 13.3. The summed E-state index contributed by atoms with van der Waals surface area (Å²) in [6.45, 7) is 7.12. The molecular formula is C11H19FN4. The second-order valence-corrected chi connectivity index (χ2v) is 4.88. The molecule has 90 valence electrons. The fourth-order valence-corrected chi connectivity index (χ4v) is 1.17.